The lowest BCUT2D eigenvalue weighted by molar-refractivity contribution is -0.908. The van der Waals surface area contributed by atoms with Gasteiger partial charge in [0.2, 0.25) is 0 Å². The van der Waals surface area contributed by atoms with E-state index in [9.17, 15) is 4.39 Å². The molecule has 1 aromatic rings. The summed E-state index contributed by atoms with van der Waals surface area (Å²) in [7, 11) is 0. The predicted molar refractivity (Wildman–Crippen MR) is 102 cm³/mol. The molecule has 0 saturated carbocycles. The van der Waals surface area contributed by atoms with Gasteiger partial charge in [0.05, 0.1) is 19.8 Å². The SMILES string of the molecule is Fc1ccc(N2CCN(C(=S)NCCC[NH+]3CCOCC3)CC2)cc1. The third-order valence-electron chi connectivity index (χ3n) is 4.94. The summed E-state index contributed by atoms with van der Waals surface area (Å²) in [5.74, 6) is -0.188. The molecule has 2 aliphatic rings. The van der Waals surface area contributed by atoms with E-state index >= 15 is 0 Å². The minimum Gasteiger partial charge on any atom is -0.370 e. The van der Waals surface area contributed by atoms with Crippen LogP contribution in [0.4, 0.5) is 10.1 Å². The Morgan fingerprint density at radius 3 is 2.48 bits per heavy atom. The second kappa shape index (κ2) is 9.31. The lowest BCUT2D eigenvalue weighted by atomic mass is 10.2. The van der Waals surface area contributed by atoms with E-state index in [4.69, 9.17) is 17.0 Å². The number of morpholine rings is 1. The van der Waals surface area contributed by atoms with Crippen molar-refractivity contribution in [2.45, 2.75) is 6.42 Å². The summed E-state index contributed by atoms with van der Waals surface area (Å²) in [5.41, 5.74) is 1.08. The lowest BCUT2D eigenvalue weighted by Crippen LogP contribution is -3.14. The van der Waals surface area contributed by atoms with E-state index < -0.39 is 0 Å². The number of piperazine rings is 1. The fourth-order valence-electron chi connectivity index (χ4n) is 3.38. The van der Waals surface area contributed by atoms with E-state index in [0.29, 0.717) is 0 Å². The molecule has 2 N–H and O–H groups in total. The molecule has 0 radical (unpaired) electrons. The summed E-state index contributed by atoms with van der Waals surface area (Å²) in [6.07, 6.45) is 1.13. The molecule has 2 fully saturated rings. The van der Waals surface area contributed by atoms with Crippen molar-refractivity contribution in [3.8, 4) is 0 Å². The fourth-order valence-corrected chi connectivity index (χ4v) is 3.66. The topological polar surface area (TPSA) is 32.2 Å². The predicted octanol–water partition coefficient (Wildman–Crippen LogP) is 0.127. The van der Waals surface area contributed by atoms with E-state index in [1.54, 1.807) is 4.90 Å². The first-order valence-corrected chi connectivity index (χ1v) is 9.58. The molecule has 25 heavy (non-hydrogen) atoms. The molecule has 138 valence electrons. The largest absolute Gasteiger partial charge is 0.370 e. The number of ether oxygens (including phenoxy) is 1. The van der Waals surface area contributed by atoms with Crippen LogP contribution in [0.2, 0.25) is 0 Å². The highest BCUT2D eigenvalue weighted by Crippen LogP contribution is 2.16. The normalized spacial score (nSPS) is 19.1. The summed E-state index contributed by atoms with van der Waals surface area (Å²) in [4.78, 5) is 6.14. The summed E-state index contributed by atoms with van der Waals surface area (Å²) < 4.78 is 18.4. The first kappa shape index (κ1) is 18.4. The third kappa shape index (κ3) is 5.52. The van der Waals surface area contributed by atoms with Crippen molar-refractivity contribution < 1.29 is 14.0 Å². The first-order chi connectivity index (χ1) is 12.2. The highest BCUT2D eigenvalue weighted by atomic mass is 32.1. The zero-order valence-electron chi connectivity index (χ0n) is 14.7. The summed E-state index contributed by atoms with van der Waals surface area (Å²) >= 11 is 5.54. The Bertz CT molecular complexity index is 543. The molecular formula is C18H28FN4OS+. The minimum absolute atomic E-state index is 0.188. The Kier molecular flexibility index (Phi) is 6.84. The molecule has 2 heterocycles. The molecule has 2 aliphatic heterocycles. The number of benzene rings is 1. The number of nitrogens with zero attached hydrogens (tertiary/aromatic N) is 2. The maximum absolute atomic E-state index is 13.0. The van der Waals surface area contributed by atoms with Crippen molar-refractivity contribution in [1.82, 2.24) is 10.2 Å². The first-order valence-electron chi connectivity index (χ1n) is 9.17. The van der Waals surface area contributed by atoms with Gasteiger partial charge >= 0.3 is 0 Å². The minimum atomic E-state index is -0.188. The molecule has 5 nitrogen and oxygen atoms in total. The summed E-state index contributed by atoms with van der Waals surface area (Å²) in [6, 6.07) is 6.72. The molecule has 7 heteroatoms. The zero-order chi connectivity index (χ0) is 17.5. The molecule has 0 aromatic heterocycles. The second-order valence-electron chi connectivity index (χ2n) is 6.65. The monoisotopic (exact) mass is 367 g/mol. The maximum atomic E-state index is 13.0. The number of thiocarbonyl (C=S) groups is 1. The van der Waals surface area contributed by atoms with Gasteiger partial charge in [-0.3, -0.25) is 0 Å². The van der Waals surface area contributed by atoms with Crippen molar-refractivity contribution in [2.24, 2.45) is 0 Å². The number of nitrogens with one attached hydrogen (secondary N) is 2. The highest BCUT2D eigenvalue weighted by Gasteiger charge is 2.19. The van der Waals surface area contributed by atoms with Crippen LogP contribution >= 0.6 is 12.2 Å². The Morgan fingerprint density at radius 1 is 1.12 bits per heavy atom. The molecule has 0 aliphatic carbocycles. The van der Waals surface area contributed by atoms with E-state index in [2.05, 4.69) is 15.1 Å². The van der Waals surface area contributed by atoms with Crippen LogP contribution in [0.3, 0.4) is 0 Å². The van der Waals surface area contributed by atoms with E-state index in [1.165, 1.54) is 18.7 Å². The van der Waals surface area contributed by atoms with Gasteiger partial charge in [-0.2, -0.15) is 0 Å². The van der Waals surface area contributed by atoms with Gasteiger partial charge in [0.25, 0.3) is 0 Å². The van der Waals surface area contributed by atoms with Crippen LogP contribution in [0.25, 0.3) is 0 Å². The highest BCUT2D eigenvalue weighted by molar-refractivity contribution is 7.80. The second-order valence-corrected chi connectivity index (χ2v) is 7.04. The standard InChI is InChI=1S/C18H27FN4OS/c19-16-2-4-17(5-3-16)22-8-10-23(11-9-22)18(25)20-6-1-7-21-12-14-24-15-13-21/h2-5H,1,6-15H2,(H,20,25)/p+1. The summed E-state index contributed by atoms with van der Waals surface area (Å²) in [5, 5.41) is 4.26. The van der Waals surface area contributed by atoms with Gasteiger partial charge in [0, 0.05) is 44.8 Å². The molecular weight excluding hydrogens is 339 g/mol. The summed E-state index contributed by atoms with van der Waals surface area (Å²) in [6.45, 7) is 9.75. The molecule has 0 atom stereocenters. The molecule has 0 bridgehead atoms. The average Bonchev–Trinajstić information content (AvgIpc) is 2.67. The number of quaternary nitrogens is 1. The number of anilines is 1. The van der Waals surface area contributed by atoms with Crippen molar-refractivity contribution in [3.05, 3.63) is 30.1 Å². The fraction of sp³-hybridized carbons (Fsp3) is 0.611. The molecule has 0 spiro atoms. The van der Waals surface area contributed by atoms with E-state index in [1.807, 2.05) is 12.1 Å². The van der Waals surface area contributed by atoms with Crippen LogP contribution < -0.4 is 15.1 Å². The van der Waals surface area contributed by atoms with Gasteiger partial charge in [-0.25, -0.2) is 4.39 Å². The van der Waals surface area contributed by atoms with E-state index in [-0.39, 0.29) is 5.82 Å². The van der Waals surface area contributed by atoms with Crippen LogP contribution in [-0.2, 0) is 4.74 Å². The molecule has 3 rings (SSSR count). The van der Waals surface area contributed by atoms with Crippen LogP contribution in [0.15, 0.2) is 24.3 Å². The van der Waals surface area contributed by atoms with Crippen molar-refractivity contribution in [1.29, 1.82) is 0 Å². The Morgan fingerprint density at radius 2 is 1.80 bits per heavy atom. The van der Waals surface area contributed by atoms with Crippen LogP contribution in [0.5, 0.6) is 0 Å². The average molecular weight is 368 g/mol. The van der Waals surface area contributed by atoms with Crippen molar-refractivity contribution in [3.63, 3.8) is 0 Å². The van der Waals surface area contributed by atoms with E-state index in [0.717, 1.165) is 76.2 Å². The van der Waals surface area contributed by atoms with Crippen LogP contribution in [0, 0.1) is 5.82 Å². The van der Waals surface area contributed by atoms with Crippen molar-refractivity contribution in [2.75, 3.05) is 70.5 Å². The third-order valence-corrected chi connectivity index (χ3v) is 5.34. The lowest BCUT2D eigenvalue weighted by Gasteiger charge is -2.37. The van der Waals surface area contributed by atoms with Gasteiger partial charge in [0.1, 0.15) is 18.9 Å². The maximum Gasteiger partial charge on any atom is 0.169 e. The number of hydrogen-bond acceptors (Lipinski definition) is 3. The van der Waals surface area contributed by atoms with Crippen LogP contribution in [-0.4, -0.2) is 75.6 Å². The van der Waals surface area contributed by atoms with Gasteiger partial charge in [-0.15, -0.1) is 0 Å². The number of halogens is 1. The Balaban J connectivity index is 1.33. The number of rotatable bonds is 5. The molecule has 0 amide bonds. The number of hydrogen-bond donors (Lipinski definition) is 2. The van der Waals surface area contributed by atoms with Gasteiger partial charge in [0.15, 0.2) is 5.11 Å². The quantitative estimate of drug-likeness (QED) is 0.571. The van der Waals surface area contributed by atoms with Gasteiger partial charge in [-0.1, -0.05) is 0 Å². The van der Waals surface area contributed by atoms with Crippen LogP contribution in [0.1, 0.15) is 6.42 Å². The van der Waals surface area contributed by atoms with Gasteiger partial charge in [-0.05, 0) is 36.5 Å². The van der Waals surface area contributed by atoms with Gasteiger partial charge < -0.3 is 24.8 Å². The molecule has 1 aromatic carbocycles. The Hall–Kier alpha value is -1.44. The molecule has 2 saturated heterocycles. The molecule has 0 unspecified atom stereocenters. The smallest absolute Gasteiger partial charge is 0.169 e. The van der Waals surface area contributed by atoms with Crippen molar-refractivity contribution >= 4 is 23.0 Å². The zero-order valence-corrected chi connectivity index (χ0v) is 15.5. The Labute approximate surface area is 154 Å².